The van der Waals surface area contributed by atoms with Crippen molar-refractivity contribution in [3.8, 4) is 0 Å². The molecule has 2 rings (SSSR count). The summed E-state index contributed by atoms with van der Waals surface area (Å²) in [5, 5.41) is 62.1. The van der Waals surface area contributed by atoms with Gasteiger partial charge in [0.25, 0.3) is 10.1 Å². The van der Waals surface area contributed by atoms with Gasteiger partial charge in [0.05, 0.1) is 19.5 Å². The molecule has 0 spiro atoms. The van der Waals surface area contributed by atoms with Crippen LogP contribution in [-0.4, -0.2) is 126 Å². The van der Waals surface area contributed by atoms with Gasteiger partial charge < -0.3 is 50.2 Å². The van der Waals surface area contributed by atoms with Crippen molar-refractivity contribution in [1.82, 2.24) is 5.32 Å². The Balaban J connectivity index is 2.25. The van der Waals surface area contributed by atoms with Crippen molar-refractivity contribution >= 4 is 16.0 Å². The monoisotopic (exact) mass is 461 g/mol. The summed E-state index contributed by atoms with van der Waals surface area (Å²) in [5.41, 5.74) is 0. The van der Waals surface area contributed by atoms with Gasteiger partial charge in [-0.05, 0) is 0 Å². The number of hydrogen-bond donors (Lipinski definition) is 7. The quantitative estimate of drug-likeness (QED) is 0.176. The van der Waals surface area contributed by atoms with Crippen molar-refractivity contribution in [2.24, 2.45) is 0 Å². The van der Waals surface area contributed by atoms with Crippen molar-refractivity contribution in [2.45, 2.75) is 68.3 Å². The Morgan fingerprint density at radius 2 is 1.63 bits per heavy atom. The molecule has 0 aromatic rings. The second kappa shape index (κ2) is 10.1. The molecular formula is C15H27NO13S. The average Bonchev–Trinajstić information content (AvgIpc) is 2.65. The lowest BCUT2D eigenvalue weighted by molar-refractivity contribution is -0.344. The maximum Gasteiger partial charge on any atom is 0.264 e. The number of amides is 1. The van der Waals surface area contributed by atoms with Crippen molar-refractivity contribution < 1.29 is 62.2 Å². The Morgan fingerprint density at radius 1 is 1.00 bits per heavy atom. The van der Waals surface area contributed by atoms with Crippen LogP contribution in [0.15, 0.2) is 0 Å². The maximum atomic E-state index is 11.4. The van der Waals surface area contributed by atoms with E-state index in [1.165, 1.54) is 0 Å². The van der Waals surface area contributed by atoms with Gasteiger partial charge in [-0.1, -0.05) is 0 Å². The highest BCUT2D eigenvalue weighted by atomic mass is 32.2. The molecule has 0 radical (unpaired) electrons. The highest BCUT2D eigenvalue weighted by Gasteiger charge is 2.51. The van der Waals surface area contributed by atoms with E-state index in [0.717, 1.165) is 13.2 Å². The molecule has 1 amide bonds. The molecule has 30 heavy (non-hydrogen) atoms. The summed E-state index contributed by atoms with van der Waals surface area (Å²) in [7, 11) is -3.94. The van der Waals surface area contributed by atoms with Gasteiger partial charge in [0, 0.05) is 6.92 Å². The van der Waals surface area contributed by atoms with E-state index in [1.807, 2.05) is 0 Å². The third-order valence-electron chi connectivity index (χ3n) is 4.65. The van der Waals surface area contributed by atoms with Crippen molar-refractivity contribution in [1.29, 1.82) is 0 Å². The Labute approximate surface area is 172 Å². The molecule has 0 aromatic carbocycles. The lowest BCUT2D eigenvalue weighted by Crippen LogP contribution is -2.67. The van der Waals surface area contributed by atoms with Crippen LogP contribution in [0, 0.1) is 0 Å². The van der Waals surface area contributed by atoms with E-state index in [0.29, 0.717) is 0 Å². The SMILES string of the molecule is CC(=O)NC1C(O)OC(COS(C)(=O)=O)C(OC2OC(CO)C(O)C(O)C2O)C1O. The molecule has 14 nitrogen and oxygen atoms in total. The molecule has 15 heteroatoms. The molecule has 0 saturated carbocycles. The molecule has 0 aromatic heterocycles. The Hall–Kier alpha value is -0.980. The molecule has 2 fully saturated rings. The summed E-state index contributed by atoms with van der Waals surface area (Å²) in [6, 6.07) is -1.40. The molecule has 0 aliphatic carbocycles. The van der Waals surface area contributed by atoms with Gasteiger partial charge >= 0.3 is 0 Å². The van der Waals surface area contributed by atoms with Gasteiger partial charge in [0.15, 0.2) is 12.6 Å². The van der Waals surface area contributed by atoms with E-state index in [9.17, 15) is 43.9 Å². The number of hydrogen-bond acceptors (Lipinski definition) is 13. The normalized spacial score (nSPS) is 42.7. The largest absolute Gasteiger partial charge is 0.394 e. The first-order valence-electron chi connectivity index (χ1n) is 8.94. The summed E-state index contributed by atoms with van der Waals surface area (Å²) in [4.78, 5) is 11.4. The minimum absolute atomic E-state index is 0.626. The number of carbonyl (C=O) groups excluding carboxylic acids is 1. The zero-order chi connectivity index (χ0) is 22.8. The van der Waals surface area contributed by atoms with Crippen LogP contribution in [0.5, 0.6) is 0 Å². The summed E-state index contributed by atoms with van der Waals surface area (Å²) >= 11 is 0. The highest BCUT2D eigenvalue weighted by molar-refractivity contribution is 7.85. The van der Waals surface area contributed by atoms with Gasteiger partial charge in [0.2, 0.25) is 5.91 Å². The summed E-state index contributed by atoms with van der Waals surface area (Å²) in [6.07, 6.45) is -13.9. The van der Waals surface area contributed by atoms with E-state index in [2.05, 4.69) is 9.50 Å². The maximum absolute atomic E-state index is 11.4. The number of ether oxygens (including phenoxy) is 3. The molecule has 10 atom stereocenters. The zero-order valence-electron chi connectivity index (χ0n) is 16.1. The van der Waals surface area contributed by atoms with Crippen LogP contribution >= 0.6 is 0 Å². The van der Waals surface area contributed by atoms with E-state index in [-0.39, 0.29) is 0 Å². The minimum atomic E-state index is -3.94. The lowest BCUT2D eigenvalue weighted by Gasteiger charge is -2.46. The first-order valence-corrected chi connectivity index (χ1v) is 10.8. The van der Waals surface area contributed by atoms with Crippen LogP contribution in [0.4, 0.5) is 0 Å². The minimum Gasteiger partial charge on any atom is -0.394 e. The van der Waals surface area contributed by atoms with Crippen molar-refractivity contribution in [3.05, 3.63) is 0 Å². The van der Waals surface area contributed by atoms with Crippen LogP contribution in [-0.2, 0) is 33.3 Å². The summed E-state index contributed by atoms with van der Waals surface area (Å²) in [6.45, 7) is -0.323. The molecule has 2 aliphatic heterocycles. The second-order valence-corrected chi connectivity index (χ2v) is 8.71. The summed E-state index contributed by atoms with van der Waals surface area (Å²) in [5.74, 6) is -0.626. The van der Waals surface area contributed by atoms with Crippen LogP contribution in [0.3, 0.4) is 0 Å². The van der Waals surface area contributed by atoms with E-state index in [1.54, 1.807) is 0 Å². The van der Waals surface area contributed by atoms with E-state index in [4.69, 9.17) is 14.2 Å². The molecule has 2 saturated heterocycles. The van der Waals surface area contributed by atoms with Crippen molar-refractivity contribution in [3.63, 3.8) is 0 Å². The third-order valence-corrected chi connectivity index (χ3v) is 5.21. The molecule has 0 bridgehead atoms. The fourth-order valence-electron chi connectivity index (χ4n) is 3.15. The van der Waals surface area contributed by atoms with E-state index >= 15 is 0 Å². The predicted octanol–water partition coefficient (Wildman–Crippen LogP) is -5.27. The second-order valence-electron chi connectivity index (χ2n) is 7.07. The molecule has 7 N–H and O–H groups in total. The standard InChI is InChI=1S/C15H27NO13S/c1-5(18)16-8-10(20)13(7(27-14(8)23)4-26-30(2,24)25)29-15-12(22)11(21)9(19)6(3-17)28-15/h6-15,17,19-23H,3-4H2,1-2H3,(H,16,18). The smallest absolute Gasteiger partial charge is 0.264 e. The predicted molar refractivity (Wildman–Crippen MR) is 93.9 cm³/mol. The van der Waals surface area contributed by atoms with Gasteiger partial charge in [-0.25, -0.2) is 0 Å². The fraction of sp³-hybridized carbons (Fsp3) is 0.933. The van der Waals surface area contributed by atoms with Crippen LogP contribution in [0.25, 0.3) is 0 Å². The van der Waals surface area contributed by atoms with Crippen molar-refractivity contribution in [2.75, 3.05) is 19.5 Å². The topological polar surface area (TPSA) is 222 Å². The van der Waals surface area contributed by atoms with Crippen LogP contribution in [0.2, 0.25) is 0 Å². The molecule has 2 aliphatic rings. The average molecular weight is 461 g/mol. The zero-order valence-corrected chi connectivity index (χ0v) is 17.0. The molecular weight excluding hydrogens is 434 g/mol. The number of aliphatic hydroxyl groups excluding tert-OH is 6. The van der Waals surface area contributed by atoms with Crippen LogP contribution < -0.4 is 5.32 Å². The van der Waals surface area contributed by atoms with E-state index < -0.39 is 90.6 Å². The van der Waals surface area contributed by atoms with Gasteiger partial charge in [-0.3, -0.25) is 8.98 Å². The number of carbonyl (C=O) groups is 1. The molecule has 176 valence electrons. The third kappa shape index (κ3) is 6.04. The molecule has 2 heterocycles. The number of aliphatic hydroxyl groups is 6. The fourth-order valence-corrected chi connectivity index (χ4v) is 3.53. The molecule has 10 unspecified atom stereocenters. The lowest BCUT2D eigenvalue weighted by atomic mass is 9.95. The number of rotatable bonds is 7. The summed E-state index contributed by atoms with van der Waals surface area (Å²) < 4.78 is 43.2. The Morgan fingerprint density at radius 3 is 2.17 bits per heavy atom. The van der Waals surface area contributed by atoms with Gasteiger partial charge in [-0.15, -0.1) is 0 Å². The first kappa shape index (κ1) is 25.3. The van der Waals surface area contributed by atoms with Gasteiger partial charge in [0.1, 0.15) is 48.8 Å². The Kier molecular flexibility index (Phi) is 8.51. The Bertz CT molecular complexity index is 688. The van der Waals surface area contributed by atoms with Crippen LogP contribution in [0.1, 0.15) is 6.92 Å². The number of nitrogens with one attached hydrogen (secondary N) is 1. The first-order chi connectivity index (χ1) is 13.9. The van der Waals surface area contributed by atoms with Gasteiger partial charge in [-0.2, -0.15) is 8.42 Å². The highest BCUT2D eigenvalue weighted by Crippen LogP contribution is 2.29.